The maximum Gasteiger partial charge on any atom is 0.242 e. The lowest BCUT2D eigenvalue weighted by Crippen LogP contribution is -2.73. The molecule has 3 aliphatic heterocycles. The maximum absolute atomic E-state index is 13.0. The molecule has 5 rings (SSSR count). The van der Waals surface area contributed by atoms with Gasteiger partial charge in [0, 0.05) is 44.0 Å². The van der Waals surface area contributed by atoms with Crippen LogP contribution in [0.2, 0.25) is 0 Å². The van der Waals surface area contributed by atoms with Gasteiger partial charge in [-0.2, -0.15) is 0 Å². The van der Waals surface area contributed by atoms with Gasteiger partial charge < -0.3 is 19.6 Å². The summed E-state index contributed by atoms with van der Waals surface area (Å²) < 4.78 is 5.38. The number of carbonyl (C=O) groups is 2. The van der Waals surface area contributed by atoms with Gasteiger partial charge in [0.1, 0.15) is 0 Å². The summed E-state index contributed by atoms with van der Waals surface area (Å²) in [5.41, 5.74) is 3.20. The Labute approximate surface area is 181 Å². The highest BCUT2D eigenvalue weighted by Gasteiger charge is 2.54. The van der Waals surface area contributed by atoms with Crippen molar-refractivity contribution in [1.29, 1.82) is 0 Å². The first-order valence-electron chi connectivity index (χ1n) is 11.0. The van der Waals surface area contributed by atoms with Crippen LogP contribution in [-0.2, 0) is 14.3 Å². The molecule has 1 aromatic carbocycles. The molecule has 2 amide bonds. The third kappa shape index (κ3) is 3.62. The molecule has 3 fully saturated rings. The normalized spacial score (nSPS) is 26.4. The van der Waals surface area contributed by atoms with Crippen molar-refractivity contribution >= 4 is 11.8 Å². The lowest BCUT2D eigenvalue weighted by Gasteiger charge is -2.59. The molecule has 31 heavy (non-hydrogen) atoms. The maximum atomic E-state index is 13.0. The fourth-order valence-corrected chi connectivity index (χ4v) is 5.30. The van der Waals surface area contributed by atoms with Crippen LogP contribution in [0.1, 0.15) is 24.3 Å². The Balaban J connectivity index is 1.35. The van der Waals surface area contributed by atoms with Gasteiger partial charge in [0.2, 0.25) is 11.8 Å². The standard InChI is InChI=1S/C24H27N3O4/c28-15-21-23(17-5-3-16(4-6-17)19-2-1-9-25-12-19)20-13-26(14-22(29)27(20)21)24(30)18-7-10-31-11-8-18/h1-6,9,12,18,20-21,23,28H,7-8,10-11,13-15H2/t20-,21-,23-/m0/s1. The van der Waals surface area contributed by atoms with Crippen LogP contribution in [0, 0.1) is 5.92 Å². The van der Waals surface area contributed by atoms with Gasteiger partial charge in [-0.3, -0.25) is 14.6 Å². The number of nitrogens with zero attached hydrogens (tertiary/aromatic N) is 3. The van der Waals surface area contributed by atoms with E-state index in [9.17, 15) is 14.7 Å². The van der Waals surface area contributed by atoms with Crippen molar-refractivity contribution in [3.05, 3.63) is 54.4 Å². The molecule has 3 saturated heterocycles. The Morgan fingerprint density at radius 3 is 2.58 bits per heavy atom. The average molecular weight is 421 g/mol. The molecule has 3 aliphatic rings. The monoisotopic (exact) mass is 421 g/mol. The zero-order valence-corrected chi connectivity index (χ0v) is 17.4. The summed E-state index contributed by atoms with van der Waals surface area (Å²) in [7, 11) is 0. The van der Waals surface area contributed by atoms with Crippen LogP contribution in [0.4, 0.5) is 0 Å². The molecular formula is C24H27N3O4. The van der Waals surface area contributed by atoms with Crippen molar-refractivity contribution in [3.8, 4) is 11.1 Å². The highest BCUT2D eigenvalue weighted by molar-refractivity contribution is 5.88. The predicted octanol–water partition coefficient (Wildman–Crippen LogP) is 1.67. The van der Waals surface area contributed by atoms with E-state index in [0.29, 0.717) is 19.8 Å². The molecule has 0 aliphatic carbocycles. The smallest absolute Gasteiger partial charge is 0.242 e. The molecule has 162 valence electrons. The van der Waals surface area contributed by atoms with E-state index in [1.807, 2.05) is 18.3 Å². The van der Waals surface area contributed by atoms with Crippen LogP contribution in [0.25, 0.3) is 11.1 Å². The number of aromatic nitrogens is 1. The zero-order chi connectivity index (χ0) is 21.4. The summed E-state index contributed by atoms with van der Waals surface area (Å²) in [6.07, 6.45) is 5.02. The summed E-state index contributed by atoms with van der Waals surface area (Å²) >= 11 is 0. The van der Waals surface area contributed by atoms with Gasteiger partial charge in [0.25, 0.3) is 0 Å². The number of amides is 2. The minimum Gasteiger partial charge on any atom is -0.394 e. The molecule has 7 heteroatoms. The van der Waals surface area contributed by atoms with E-state index >= 15 is 0 Å². The molecule has 0 unspecified atom stereocenters. The van der Waals surface area contributed by atoms with E-state index in [0.717, 1.165) is 29.5 Å². The van der Waals surface area contributed by atoms with Crippen LogP contribution in [0.3, 0.4) is 0 Å². The molecule has 1 aromatic heterocycles. The van der Waals surface area contributed by atoms with Gasteiger partial charge >= 0.3 is 0 Å². The topological polar surface area (TPSA) is 83.0 Å². The number of benzene rings is 1. The van der Waals surface area contributed by atoms with Gasteiger partial charge in [-0.25, -0.2) is 0 Å². The summed E-state index contributed by atoms with van der Waals surface area (Å²) in [6.45, 7) is 1.76. The Bertz CT molecular complexity index is 943. The number of piperazine rings is 1. The van der Waals surface area contributed by atoms with Gasteiger partial charge in [0.15, 0.2) is 0 Å². The number of aliphatic hydroxyl groups excluding tert-OH is 1. The van der Waals surface area contributed by atoms with Crippen LogP contribution >= 0.6 is 0 Å². The van der Waals surface area contributed by atoms with Crippen LogP contribution < -0.4 is 0 Å². The largest absolute Gasteiger partial charge is 0.394 e. The summed E-state index contributed by atoms with van der Waals surface area (Å²) in [5, 5.41) is 9.99. The van der Waals surface area contributed by atoms with E-state index in [1.165, 1.54) is 0 Å². The van der Waals surface area contributed by atoms with Crippen molar-refractivity contribution < 1.29 is 19.4 Å². The number of fused-ring (bicyclic) bond motifs is 1. The lowest BCUT2D eigenvalue weighted by atomic mass is 9.73. The molecule has 0 bridgehead atoms. The average Bonchev–Trinajstić information content (AvgIpc) is 2.81. The molecule has 0 spiro atoms. The van der Waals surface area contributed by atoms with Crippen molar-refractivity contribution in [1.82, 2.24) is 14.8 Å². The Hall–Kier alpha value is -2.77. The molecule has 0 radical (unpaired) electrons. The first-order valence-corrected chi connectivity index (χ1v) is 11.0. The second-order valence-corrected chi connectivity index (χ2v) is 8.61. The molecule has 7 nitrogen and oxygen atoms in total. The minimum atomic E-state index is -0.234. The lowest BCUT2D eigenvalue weighted by molar-refractivity contribution is -0.169. The fourth-order valence-electron chi connectivity index (χ4n) is 5.30. The van der Waals surface area contributed by atoms with Crippen molar-refractivity contribution in [2.24, 2.45) is 5.92 Å². The second-order valence-electron chi connectivity index (χ2n) is 8.61. The zero-order valence-electron chi connectivity index (χ0n) is 17.4. The summed E-state index contributed by atoms with van der Waals surface area (Å²) in [6, 6.07) is 11.8. The third-order valence-corrected chi connectivity index (χ3v) is 6.92. The van der Waals surface area contributed by atoms with E-state index in [-0.39, 0.29) is 48.9 Å². The number of hydrogen-bond donors (Lipinski definition) is 1. The van der Waals surface area contributed by atoms with Gasteiger partial charge in [-0.05, 0) is 35.6 Å². The summed E-state index contributed by atoms with van der Waals surface area (Å²) in [5.74, 6) is -0.0467. The number of aliphatic hydroxyl groups is 1. The second kappa shape index (κ2) is 8.40. The van der Waals surface area contributed by atoms with Crippen LogP contribution in [0.15, 0.2) is 48.8 Å². The fraction of sp³-hybridized carbons (Fsp3) is 0.458. The number of pyridine rings is 1. The Morgan fingerprint density at radius 1 is 1.13 bits per heavy atom. The molecular weight excluding hydrogens is 394 g/mol. The minimum absolute atomic E-state index is 0.0159. The highest BCUT2D eigenvalue weighted by Crippen LogP contribution is 2.43. The quantitative estimate of drug-likeness (QED) is 0.812. The first-order chi connectivity index (χ1) is 15.2. The molecule has 1 N–H and O–H groups in total. The van der Waals surface area contributed by atoms with Crippen molar-refractivity contribution in [2.45, 2.75) is 30.8 Å². The number of ether oxygens (including phenoxy) is 1. The van der Waals surface area contributed by atoms with Crippen molar-refractivity contribution in [2.75, 3.05) is 32.9 Å². The third-order valence-electron chi connectivity index (χ3n) is 6.92. The predicted molar refractivity (Wildman–Crippen MR) is 114 cm³/mol. The van der Waals surface area contributed by atoms with E-state index < -0.39 is 0 Å². The number of rotatable bonds is 4. The Morgan fingerprint density at radius 2 is 1.90 bits per heavy atom. The number of carbonyl (C=O) groups excluding carboxylic acids is 2. The van der Waals surface area contributed by atoms with E-state index in [2.05, 4.69) is 29.2 Å². The van der Waals surface area contributed by atoms with E-state index in [4.69, 9.17) is 4.74 Å². The van der Waals surface area contributed by atoms with Crippen molar-refractivity contribution in [3.63, 3.8) is 0 Å². The molecule has 0 saturated carbocycles. The van der Waals surface area contributed by atoms with Gasteiger partial charge in [-0.15, -0.1) is 0 Å². The first kappa shape index (κ1) is 20.2. The van der Waals surface area contributed by atoms with Gasteiger partial charge in [0.05, 0.1) is 25.2 Å². The van der Waals surface area contributed by atoms with E-state index in [1.54, 1.807) is 16.0 Å². The molecule has 3 atom stereocenters. The SMILES string of the molecule is O=C(C1CCOCC1)N1CC(=O)N2[C@@H](CO)[C@@H](c3ccc(-c4cccnc4)cc3)[C@@H]2C1. The molecule has 4 heterocycles. The number of hydrogen-bond acceptors (Lipinski definition) is 5. The highest BCUT2D eigenvalue weighted by atomic mass is 16.5. The van der Waals surface area contributed by atoms with Crippen LogP contribution in [-0.4, -0.2) is 76.7 Å². The van der Waals surface area contributed by atoms with Crippen LogP contribution in [0.5, 0.6) is 0 Å². The summed E-state index contributed by atoms with van der Waals surface area (Å²) in [4.78, 5) is 33.5. The molecule has 2 aromatic rings. The Kier molecular flexibility index (Phi) is 5.46. The van der Waals surface area contributed by atoms with Gasteiger partial charge in [-0.1, -0.05) is 30.3 Å².